The smallest absolute Gasteiger partial charge is 0.228 e. The first-order chi connectivity index (χ1) is 25.1. The van der Waals surface area contributed by atoms with E-state index in [1.165, 1.54) is 0 Å². The SMILES string of the molecule is Cc1ccncc1-c1cc2cc(NC(=O)C3C[C@@H]3CN)ncc2c(N)n1.Cc1ccncc1-c1cc2cc(NC(=O)[C@@H]3C[C@H]3CN)ncc2c(N)n1. The van der Waals surface area contributed by atoms with Gasteiger partial charge in [-0.25, -0.2) is 19.9 Å². The van der Waals surface area contributed by atoms with Gasteiger partial charge >= 0.3 is 0 Å². The average Bonchev–Trinajstić information content (AvgIpc) is 4.07. The van der Waals surface area contributed by atoms with Crippen LogP contribution in [0.1, 0.15) is 24.0 Å². The molecule has 2 saturated carbocycles. The number of aromatic nitrogens is 6. The van der Waals surface area contributed by atoms with E-state index in [4.69, 9.17) is 22.9 Å². The minimum absolute atomic E-state index is 0.00592. The minimum atomic E-state index is -0.0299. The van der Waals surface area contributed by atoms with Crippen molar-refractivity contribution in [2.24, 2.45) is 35.1 Å². The normalized spacial score (nSPS) is 18.7. The van der Waals surface area contributed by atoms with Gasteiger partial charge < -0.3 is 33.6 Å². The molecule has 6 aromatic heterocycles. The Morgan fingerprint density at radius 1 is 0.673 bits per heavy atom. The molecular formula is C38H40N12O2. The fourth-order valence-electron chi connectivity index (χ4n) is 6.32. The topological polar surface area (TPSA) is 240 Å². The van der Waals surface area contributed by atoms with Gasteiger partial charge in [0.15, 0.2) is 0 Å². The summed E-state index contributed by atoms with van der Waals surface area (Å²) in [5.74, 6) is 2.31. The summed E-state index contributed by atoms with van der Waals surface area (Å²) in [5, 5.41) is 8.98. The molecular weight excluding hydrogens is 656 g/mol. The van der Waals surface area contributed by atoms with Crippen LogP contribution in [0, 0.1) is 37.5 Å². The van der Waals surface area contributed by atoms with E-state index >= 15 is 0 Å². The molecule has 2 fully saturated rings. The van der Waals surface area contributed by atoms with Crippen molar-refractivity contribution >= 4 is 56.6 Å². The zero-order valence-electron chi connectivity index (χ0n) is 28.9. The molecule has 0 aliphatic heterocycles. The molecule has 0 spiro atoms. The number of carbonyl (C=O) groups is 2. The monoisotopic (exact) mass is 696 g/mol. The van der Waals surface area contributed by atoms with E-state index in [0.29, 0.717) is 36.4 Å². The first kappa shape index (κ1) is 34.3. The molecule has 0 saturated heterocycles. The van der Waals surface area contributed by atoms with Gasteiger partial charge in [-0.15, -0.1) is 0 Å². The van der Waals surface area contributed by atoms with Crippen molar-refractivity contribution in [2.45, 2.75) is 26.7 Å². The number of carbonyl (C=O) groups excluding carboxylic acids is 2. The standard InChI is InChI=1S/2C19H20N6O/c2*1-10-2-3-22-8-14(10)16-5-11-6-17(23-9-15(11)18(21)24-16)25-19(26)13-4-12(13)7-20/h2*2-3,5-6,8-9,12-13H,4,7,20H2,1H3,(H2,21,24)(H,23,25,26)/t12-,13?;12-,13+/m10/s1. The van der Waals surface area contributed by atoms with Crippen molar-refractivity contribution in [3.8, 4) is 22.5 Å². The van der Waals surface area contributed by atoms with Gasteiger partial charge in [-0.1, -0.05) is 0 Å². The predicted molar refractivity (Wildman–Crippen MR) is 202 cm³/mol. The Bertz CT molecular complexity index is 2170. The number of aryl methyl sites for hydroxylation is 2. The maximum atomic E-state index is 12.2. The van der Waals surface area contributed by atoms with Gasteiger partial charge in [0.1, 0.15) is 23.3 Å². The summed E-state index contributed by atoms with van der Waals surface area (Å²) in [4.78, 5) is 50.3. The number of amides is 2. The summed E-state index contributed by atoms with van der Waals surface area (Å²) in [6, 6.07) is 11.4. The van der Waals surface area contributed by atoms with Gasteiger partial charge in [0.25, 0.3) is 0 Å². The number of hydrogen-bond acceptors (Lipinski definition) is 12. The fraction of sp³-hybridized carbons (Fsp3) is 0.263. The number of nitrogens with zero attached hydrogens (tertiary/aromatic N) is 6. The Morgan fingerprint density at radius 2 is 1.10 bits per heavy atom. The van der Waals surface area contributed by atoms with Crippen molar-refractivity contribution in [1.29, 1.82) is 0 Å². The molecule has 10 N–H and O–H groups in total. The molecule has 0 aromatic carbocycles. The van der Waals surface area contributed by atoms with Crippen molar-refractivity contribution in [3.05, 3.63) is 84.7 Å². The third-order valence-corrected chi connectivity index (χ3v) is 9.75. The third-order valence-electron chi connectivity index (χ3n) is 9.75. The predicted octanol–water partition coefficient (Wildman–Crippen LogP) is 4.23. The number of rotatable bonds is 8. The minimum Gasteiger partial charge on any atom is -0.383 e. The highest BCUT2D eigenvalue weighted by Gasteiger charge is 2.42. The number of nitrogens with two attached hydrogens (primary N) is 4. The summed E-state index contributed by atoms with van der Waals surface area (Å²) < 4.78 is 0. The van der Waals surface area contributed by atoms with Crippen molar-refractivity contribution in [1.82, 2.24) is 29.9 Å². The molecule has 0 bridgehead atoms. The molecule has 2 amide bonds. The van der Waals surface area contributed by atoms with Crippen molar-refractivity contribution in [3.63, 3.8) is 0 Å². The quantitative estimate of drug-likeness (QED) is 0.131. The van der Waals surface area contributed by atoms with E-state index in [0.717, 1.165) is 68.0 Å². The van der Waals surface area contributed by atoms with E-state index in [1.807, 2.05) is 50.2 Å². The molecule has 264 valence electrons. The van der Waals surface area contributed by atoms with Gasteiger partial charge in [0, 0.05) is 70.9 Å². The number of nitrogens with one attached hydrogen (secondary N) is 2. The number of pyridine rings is 6. The maximum absolute atomic E-state index is 12.2. The molecule has 14 nitrogen and oxygen atoms in total. The molecule has 1 unspecified atom stereocenters. The maximum Gasteiger partial charge on any atom is 0.228 e. The second kappa shape index (κ2) is 14.2. The van der Waals surface area contributed by atoms with Crippen LogP contribution in [0.5, 0.6) is 0 Å². The summed E-state index contributed by atoms with van der Waals surface area (Å²) >= 11 is 0. The zero-order valence-corrected chi connectivity index (χ0v) is 28.9. The molecule has 2 aliphatic rings. The highest BCUT2D eigenvalue weighted by molar-refractivity contribution is 6.00. The van der Waals surface area contributed by atoms with Gasteiger partial charge in [-0.2, -0.15) is 0 Å². The van der Waals surface area contributed by atoms with Crippen LogP contribution >= 0.6 is 0 Å². The lowest BCUT2D eigenvalue weighted by Crippen LogP contribution is -2.17. The van der Waals surface area contributed by atoms with Crippen LogP contribution in [0.3, 0.4) is 0 Å². The van der Waals surface area contributed by atoms with Gasteiger partial charge in [0.2, 0.25) is 11.8 Å². The van der Waals surface area contributed by atoms with E-state index in [-0.39, 0.29) is 35.5 Å². The molecule has 6 aromatic rings. The van der Waals surface area contributed by atoms with Crippen LogP contribution in [-0.4, -0.2) is 54.8 Å². The Balaban J connectivity index is 0.000000162. The van der Waals surface area contributed by atoms with Crippen LogP contribution in [0.2, 0.25) is 0 Å². The summed E-state index contributed by atoms with van der Waals surface area (Å²) in [7, 11) is 0. The first-order valence-corrected chi connectivity index (χ1v) is 17.1. The summed E-state index contributed by atoms with van der Waals surface area (Å²) in [6.07, 6.45) is 12.0. The number of fused-ring (bicyclic) bond motifs is 2. The second-order valence-electron chi connectivity index (χ2n) is 13.4. The summed E-state index contributed by atoms with van der Waals surface area (Å²) in [6.45, 7) is 5.08. The molecule has 8 rings (SSSR count). The van der Waals surface area contributed by atoms with Gasteiger partial charge in [-0.3, -0.25) is 19.6 Å². The fourth-order valence-corrected chi connectivity index (χ4v) is 6.32. The van der Waals surface area contributed by atoms with Gasteiger partial charge in [0.05, 0.1) is 11.4 Å². The lowest BCUT2D eigenvalue weighted by atomic mass is 10.1. The van der Waals surface area contributed by atoms with E-state index in [1.54, 1.807) is 37.2 Å². The van der Waals surface area contributed by atoms with E-state index < -0.39 is 0 Å². The van der Waals surface area contributed by atoms with Crippen LogP contribution in [0.25, 0.3) is 44.1 Å². The first-order valence-electron chi connectivity index (χ1n) is 17.1. The Hall–Kier alpha value is -6.12. The van der Waals surface area contributed by atoms with Crippen LogP contribution in [0.4, 0.5) is 23.3 Å². The number of hydrogen-bond donors (Lipinski definition) is 6. The molecule has 14 heteroatoms. The molecule has 2 aliphatic carbocycles. The molecule has 0 radical (unpaired) electrons. The molecule has 6 heterocycles. The van der Waals surface area contributed by atoms with Crippen LogP contribution in [-0.2, 0) is 9.59 Å². The van der Waals surface area contributed by atoms with Crippen molar-refractivity contribution < 1.29 is 9.59 Å². The van der Waals surface area contributed by atoms with Gasteiger partial charge in [-0.05, 0) is 110 Å². The number of nitrogen functional groups attached to an aromatic ring is 2. The Kier molecular flexibility index (Phi) is 9.41. The lowest BCUT2D eigenvalue weighted by molar-refractivity contribution is -0.118. The highest BCUT2D eigenvalue weighted by atomic mass is 16.2. The Labute approximate surface area is 299 Å². The van der Waals surface area contributed by atoms with Crippen molar-refractivity contribution in [2.75, 3.05) is 35.2 Å². The average molecular weight is 697 g/mol. The van der Waals surface area contributed by atoms with Crippen LogP contribution < -0.4 is 33.6 Å². The Morgan fingerprint density at radius 3 is 1.46 bits per heavy atom. The largest absolute Gasteiger partial charge is 0.383 e. The highest BCUT2D eigenvalue weighted by Crippen LogP contribution is 2.39. The van der Waals surface area contributed by atoms with Crippen LogP contribution in [0.15, 0.2) is 73.6 Å². The summed E-state index contributed by atoms with van der Waals surface area (Å²) in [5.41, 5.74) is 28.9. The molecule has 4 atom stereocenters. The third kappa shape index (κ3) is 7.20. The van der Waals surface area contributed by atoms with E-state index in [2.05, 4.69) is 40.5 Å². The molecule has 52 heavy (non-hydrogen) atoms. The zero-order chi connectivity index (χ0) is 36.5. The lowest BCUT2D eigenvalue weighted by Gasteiger charge is -2.10. The van der Waals surface area contributed by atoms with E-state index in [9.17, 15) is 9.59 Å². The number of anilines is 4. The second-order valence-corrected chi connectivity index (χ2v) is 13.4.